The van der Waals surface area contributed by atoms with Crippen molar-refractivity contribution in [1.82, 2.24) is 0 Å². The maximum Gasteiger partial charge on any atom is 0.0743 e. The summed E-state index contributed by atoms with van der Waals surface area (Å²) >= 11 is 4.73. The average Bonchev–Trinajstić information content (AvgIpc) is 1.97. The predicted molar refractivity (Wildman–Crippen MR) is 57.4 cm³/mol. The summed E-state index contributed by atoms with van der Waals surface area (Å²) in [6.07, 6.45) is 6.40. The lowest BCUT2D eigenvalue weighted by Gasteiger charge is -2.58. The zero-order valence-electron chi connectivity index (χ0n) is 8.20. The Kier molecular flexibility index (Phi) is 1.71. The van der Waals surface area contributed by atoms with Crippen LogP contribution in [0.25, 0.3) is 0 Å². The Labute approximate surface area is 89.4 Å². The Morgan fingerprint density at radius 1 is 1.21 bits per heavy atom. The highest BCUT2D eigenvalue weighted by Crippen LogP contribution is 2.58. The van der Waals surface area contributed by atoms with Crippen LogP contribution < -0.4 is 0 Å². The largest absolute Gasteiger partial charge is 0.390 e. The van der Waals surface area contributed by atoms with E-state index in [0.717, 1.165) is 32.1 Å². The Hall–Kier alpha value is -0.240. The molecule has 0 aromatic carbocycles. The van der Waals surface area contributed by atoms with Crippen LogP contribution in [0.5, 0.6) is 0 Å². The van der Waals surface area contributed by atoms with Gasteiger partial charge in [0.05, 0.1) is 16.3 Å². The summed E-state index contributed by atoms with van der Waals surface area (Å²) in [5.74, 6) is 1.38. The van der Waals surface area contributed by atoms with Crippen molar-refractivity contribution in [3.63, 3.8) is 0 Å². The monoisotopic (exact) mass is 209 g/mol. The van der Waals surface area contributed by atoms with E-state index >= 15 is 0 Å². The highest BCUT2D eigenvalue weighted by molar-refractivity contribution is 7.78. The van der Waals surface area contributed by atoms with Crippen LogP contribution >= 0.6 is 12.2 Å². The van der Waals surface area contributed by atoms with E-state index in [4.69, 9.17) is 12.2 Å². The molecule has 4 fully saturated rings. The summed E-state index contributed by atoms with van der Waals surface area (Å²) < 4.78 is 0. The van der Waals surface area contributed by atoms with E-state index in [1.807, 2.05) is 0 Å². The van der Waals surface area contributed by atoms with Gasteiger partial charge in [0.15, 0.2) is 0 Å². The van der Waals surface area contributed by atoms with Gasteiger partial charge in [-0.2, -0.15) is 0 Å². The summed E-state index contributed by atoms with van der Waals surface area (Å²) in [6.45, 7) is 0. The Morgan fingerprint density at radius 2 is 1.86 bits per heavy atom. The van der Waals surface area contributed by atoms with Crippen LogP contribution in [0, 0.1) is 11.8 Å². The molecular weight excluding hydrogens is 194 g/mol. The van der Waals surface area contributed by atoms with Crippen molar-refractivity contribution in [3.8, 4) is 0 Å². The first-order valence-corrected chi connectivity index (χ1v) is 5.85. The van der Waals surface area contributed by atoms with Crippen molar-refractivity contribution in [2.75, 3.05) is 0 Å². The predicted octanol–water partition coefficient (Wildman–Crippen LogP) is 2.17. The summed E-state index contributed by atoms with van der Waals surface area (Å²) in [6, 6.07) is 0. The Morgan fingerprint density at radius 3 is 2.36 bits per heavy atom. The third-order valence-corrected chi connectivity index (χ3v) is 4.37. The molecule has 3 heteroatoms. The molecule has 4 aliphatic rings. The van der Waals surface area contributed by atoms with E-state index in [0.29, 0.717) is 11.8 Å². The SMILES string of the molecule is OC12C[C@H]3C[C@@H](C1)CC(N=C=S)(C3)C2. The number of thiocarbonyl (C=S) groups is 1. The van der Waals surface area contributed by atoms with Crippen LogP contribution in [0.2, 0.25) is 0 Å². The molecule has 4 saturated carbocycles. The first kappa shape index (κ1) is 9.02. The minimum absolute atomic E-state index is 0.0272. The average molecular weight is 209 g/mol. The van der Waals surface area contributed by atoms with Gasteiger partial charge >= 0.3 is 0 Å². The Balaban J connectivity index is 2.00. The molecule has 4 bridgehead atoms. The number of hydrogen-bond acceptors (Lipinski definition) is 3. The van der Waals surface area contributed by atoms with Gasteiger partial charge in [0.1, 0.15) is 0 Å². The van der Waals surface area contributed by atoms with Gasteiger partial charge in [-0.1, -0.05) is 0 Å². The highest BCUT2D eigenvalue weighted by atomic mass is 32.1. The van der Waals surface area contributed by atoms with Gasteiger partial charge in [-0.15, -0.1) is 0 Å². The second-order valence-corrected chi connectivity index (χ2v) is 5.80. The van der Waals surface area contributed by atoms with Crippen molar-refractivity contribution < 1.29 is 5.11 Å². The lowest BCUT2D eigenvalue weighted by atomic mass is 9.51. The standard InChI is InChI=1S/C11H15NOS/c13-11-4-8-1-9(5-11)3-10(2-8,6-11)12-7-14/h8-9,13H,1-6H2/t8-,9+,10?,11?. The normalized spacial score (nSPS) is 54.4. The van der Waals surface area contributed by atoms with Gasteiger partial charge in [0.2, 0.25) is 0 Å². The maximum absolute atomic E-state index is 10.4. The van der Waals surface area contributed by atoms with E-state index in [-0.39, 0.29) is 5.54 Å². The lowest BCUT2D eigenvalue weighted by Crippen LogP contribution is -2.58. The van der Waals surface area contributed by atoms with E-state index in [1.165, 1.54) is 6.42 Å². The number of hydrogen-bond donors (Lipinski definition) is 1. The van der Waals surface area contributed by atoms with Crippen molar-refractivity contribution in [2.45, 2.75) is 49.7 Å². The molecule has 0 heterocycles. The lowest BCUT2D eigenvalue weighted by molar-refractivity contribution is -0.132. The van der Waals surface area contributed by atoms with Crippen LogP contribution in [0.3, 0.4) is 0 Å². The molecule has 0 aromatic heterocycles. The molecule has 4 rings (SSSR count). The maximum atomic E-state index is 10.4. The van der Waals surface area contributed by atoms with Crippen LogP contribution in [0.1, 0.15) is 38.5 Å². The van der Waals surface area contributed by atoms with E-state index in [9.17, 15) is 5.11 Å². The molecule has 0 saturated heterocycles. The minimum Gasteiger partial charge on any atom is -0.390 e. The van der Waals surface area contributed by atoms with Crippen LogP contribution in [0.15, 0.2) is 4.99 Å². The van der Waals surface area contributed by atoms with Crippen LogP contribution in [0.4, 0.5) is 0 Å². The van der Waals surface area contributed by atoms with E-state index < -0.39 is 5.60 Å². The molecule has 2 nitrogen and oxygen atoms in total. The van der Waals surface area contributed by atoms with Gasteiger partial charge in [-0.05, 0) is 56.2 Å². The number of nitrogens with zero attached hydrogens (tertiary/aromatic N) is 1. The molecule has 2 unspecified atom stereocenters. The fourth-order valence-electron chi connectivity index (χ4n) is 4.39. The first-order valence-electron chi connectivity index (χ1n) is 5.45. The van der Waals surface area contributed by atoms with Crippen molar-refractivity contribution in [3.05, 3.63) is 0 Å². The first-order chi connectivity index (χ1) is 6.63. The molecule has 0 aliphatic heterocycles. The molecular formula is C11H15NOS. The second-order valence-electron chi connectivity index (χ2n) is 5.61. The molecule has 0 radical (unpaired) electrons. The van der Waals surface area contributed by atoms with Gasteiger partial charge in [-0.25, -0.2) is 4.99 Å². The number of aliphatic imine (C=N–C) groups is 1. The fraction of sp³-hybridized carbons (Fsp3) is 0.909. The van der Waals surface area contributed by atoms with Crippen molar-refractivity contribution >= 4 is 17.4 Å². The van der Waals surface area contributed by atoms with Crippen LogP contribution in [-0.2, 0) is 0 Å². The molecule has 14 heavy (non-hydrogen) atoms. The van der Waals surface area contributed by atoms with Gasteiger partial charge < -0.3 is 5.11 Å². The summed E-state index contributed by atoms with van der Waals surface area (Å²) in [7, 11) is 0. The molecule has 0 spiro atoms. The quantitative estimate of drug-likeness (QED) is 0.530. The highest BCUT2D eigenvalue weighted by Gasteiger charge is 2.57. The number of aliphatic hydroxyl groups is 1. The van der Waals surface area contributed by atoms with Crippen molar-refractivity contribution in [1.29, 1.82) is 0 Å². The smallest absolute Gasteiger partial charge is 0.0743 e. The van der Waals surface area contributed by atoms with E-state index in [1.54, 1.807) is 0 Å². The molecule has 4 aliphatic carbocycles. The van der Waals surface area contributed by atoms with Crippen molar-refractivity contribution in [2.24, 2.45) is 16.8 Å². The number of isothiocyanates is 1. The second kappa shape index (κ2) is 2.66. The Bertz CT molecular complexity index is 307. The molecule has 1 N–H and O–H groups in total. The summed E-state index contributed by atoms with van der Waals surface area (Å²) in [5, 5.41) is 12.9. The van der Waals surface area contributed by atoms with Gasteiger partial charge in [0, 0.05) is 6.42 Å². The summed E-state index contributed by atoms with van der Waals surface area (Å²) in [5.41, 5.74) is -0.444. The third-order valence-electron chi connectivity index (χ3n) is 4.28. The molecule has 76 valence electrons. The summed E-state index contributed by atoms with van der Waals surface area (Å²) in [4.78, 5) is 4.37. The zero-order valence-corrected chi connectivity index (χ0v) is 9.02. The minimum atomic E-state index is -0.417. The number of rotatable bonds is 1. The van der Waals surface area contributed by atoms with Gasteiger partial charge in [-0.3, -0.25) is 0 Å². The molecule has 0 amide bonds. The zero-order chi connectivity index (χ0) is 9.81. The fourth-order valence-corrected chi connectivity index (χ4v) is 4.59. The van der Waals surface area contributed by atoms with Gasteiger partial charge in [0.25, 0.3) is 0 Å². The van der Waals surface area contributed by atoms with E-state index in [2.05, 4.69) is 10.2 Å². The topological polar surface area (TPSA) is 32.6 Å². The third kappa shape index (κ3) is 1.19. The molecule has 0 aromatic rings. The van der Waals surface area contributed by atoms with Crippen LogP contribution in [-0.4, -0.2) is 21.4 Å². The molecule has 4 atom stereocenters.